The highest BCUT2D eigenvalue weighted by Gasteiger charge is 2.32. The van der Waals surface area contributed by atoms with Crippen LogP contribution in [0.5, 0.6) is 0 Å². The third-order valence-corrected chi connectivity index (χ3v) is 4.31. The number of nitrogens with one attached hydrogen (secondary N) is 2. The second kappa shape index (κ2) is 7.74. The Labute approximate surface area is 144 Å². The van der Waals surface area contributed by atoms with Crippen LogP contribution in [-0.4, -0.2) is 17.7 Å². The fourth-order valence-electron chi connectivity index (χ4n) is 2.46. The van der Waals surface area contributed by atoms with Crippen molar-refractivity contribution in [3.05, 3.63) is 45.6 Å². The summed E-state index contributed by atoms with van der Waals surface area (Å²) in [6.07, 6.45) is 1.66. The summed E-state index contributed by atoms with van der Waals surface area (Å²) in [7, 11) is 0. The van der Waals surface area contributed by atoms with Gasteiger partial charge in [-0.3, -0.25) is 0 Å². The Hall–Kier alpha value is -1.40. The normalized spacial score (nSPS) is 17.8. The van der Waals surface area contributed by atoms with Crippen LogP contribution in [0.1, 0.15) is 38.3 Å². The Morgan fingerprint density at radius 1 is 1.36 bits per heavy atom. The van der Waals surface area contributed by atoms with Crippen molar-refractivity contribution in [3.63, 3.8) is 0 Å². The molecule has 0 fully saturated rings. The first-order valence-electron chi connectivity index (χ1n) is 7.30. The van der Waals surface area contributed by atoms with E-state index in [1.165, 1.54) is 0 Å². The van der Waals surface area contributed by atoms with Gasteiger partial charge in [0.25, 0.3) is 0 Å². The molecular weight excluding hydrogens is 364 g/mol. The number of benzene rings is 1. The lowest BCUT2D eigenvalue weighted by molar-refractivity contribution is -0.139. The van der Waals surface area contributed by atoms with E-state index in [1.54, 1.807) is 6.92 Å². The van der Waals surface area contributed by atoms with Crippen molar-refractivity contribution in [3.8, 4) is 0 Å². The third kappa shape index (κ3) is 3.67. The van der Waals surface area contributed by atoms with Crippen molar-refractivity contribution in [2.24, 2.45) is 0 Å². The average Bonchev–Trinajstić information content (AvgIpc) is 2.47. The predicted octanol–water partition coefficient (Wildman–Crippen LogP) is 3.59. The lowest BCUT2D eigenvalue weighted by Gasteiger charge is -2.31. The highest BCUT2D eigenvalue weighted by atomic mass is 79.9. The quantitative estimate of drug-likeness (QED) is 0.601. The molecule has 0 saturated heterocycles. The van der Waals surface area contributed by atoms with Crippen molar-refractivity contribution < 1.29 is 9.53 Å². The summed E-state index contributed by atoms with van der Waals surface area (Å²) in [5.41, 5.74) is 2.40. The molecule has 22 heavy (non-hydrogen) atoms. The summed E-state index contributed by atoms with van der Waals surface area (Å²) < 4.78 is 6.18. The van der Waals surface area contributed by atoms with Gasteiger partial charge in [0, 0.05) is 10.2 Å². The molecule has 0 aromatic heterocycles. The van der Waals surface area contributed by atoms with Crippen LogP contribution in [0.4, 0.5) is 0 Å². The molecule has 1 aliphatic heterocycles. The maximum Gasteiger partial charge on any atom is 0.338 e. The lowest BCUT2D eigenvalue weighted by atomic mass is 9.94. The minimum atomic E-state index is -0.315. The van der Waals surface area contributed by atoms with Gasteiger partial charge in [-0.15, -0.1) is 0 Å². The number of hydrogen-bond donors (Lipinski definition) is 2. The lowest BCUT2D eigenvalue weighted by Crippen LogP contribution is -2.45. The largest absolute Gasteiger partial charge is 0.463 e. The Morgan fingerprint density at radius 3 is 2.73 bits per heavy atom. The molecule has 0 saturated carbocycles. The van der Waals surface area contributed by atoms with Gasteiger partial charge in [-0.1, -0.05) is 47.5 Å². The van der Waals surface area contributed by atoms with E-state index in [-0.39, 0.29) is 12.0 Å². The van der Waals surface area contributed by atoms with Crippen LogP contribution < -0.4 is 10.6 Å². The zero-order chi connectivity index (χ0) is 16.1. The van der Waals surface area contributed by atoms with Crippen LogP contribution in [0, 0.1) is 0 Å². The molecule has 1 atom stereocenters. The maximum absolute atomic E-state index is 12.5. The number of allylic oxidation sites excluding steroid dienone is 1. The van der Waals surface area contributed by atoms with Crippen molar-refractivity contribution in [2.75, 3.05) is 6.61 Å². The monoisotopic (exact) mass is 382 g/mol. The highest BCUT2D eigenvalue weighted by Crippen LogP contribution is 2.33. The Bertz CT molecular complexity index is 616. The van der Waals surface area contributed by atoms with E-state index >= 15 is 0 Å². The molecule has 1 aromatic carbocycles. The molecule has 0 aliphatic carbocycles. The van der Waals surface area contributed by atoms with Crippen LogP contribution >= 0.6 is 28.1 Å². The fourth-order valence-corrected chi connectivity index (χ4v) is 3.21. The molecule has 2 rings (SSSR count). The molecule has 0 radical (unpaired) electrons. The molecule has 118 valence electrons. The third-order valence-electron chi connectivity index (χ3n) is 3.37. The van der Waals surface area contributed by atoms with Gasteiger partial charge in [0.15, 0.2) is 5.11 Å². The second-order valence-corrected chi connectivity index (χ2v) is 6.18. The van der Waals surface area contributed by atoms with Gasteiger partial charge in [0.2, 0.25) is 0 Å². The summed E-state index contributed by atoms with van der Waals surface area (Å²) in [5, 5.41) is 6.82. The van der Waals surface area contributed by atoms with Gasteiger partial charge < -0.3 is 15.4 Å². The van der Waals surface area contributed by atoms with Gasteiger partial charge >= 0.3 is 5.97 Å². The van der Waals surface area contributed by atoms with E-state index in [1.807, 2.05) is 24.3 Å². The van der Waals surface area contributed by atoms with E-state index in [2.05, 4.69) is 33.5 Å². The summed E-state index contributed by atoms with van der Waals surface area (Å²) in [5.74, 6) is -0.311. The first-order chi connectivity index (χ1) is 10.6. The van der Waals surface area contributed by atoms with Crippen LogP contribution in [0.2, 0.25) is 0 Å². The Balaban J connectivity index is 2.52. The average molecular weight is 383 g/mol. The number of carbonyl (C=O) groups excluding carboxylic acids is 1. The van der Waals surface area contributed by atoms with E-state index in [4.69, 9.17) is 17.0 Å². The fraction of sp³-hybridized carbons (Fsp3) is 0.375. The van der Waals surface area contributed by atoms with Crippen molar-refractivity contribution in [1.29, 1.82) is 0 Å². The predicted molar refractivity (Wildman–Crippen MR) is 94.3 cm³/mol. The van der Waals surface area contributed by atoms with Crippen LogP contribution in [0.3, 0.4) is 0 Å². The molecule has 0 amide bonds. The molecule has 4 nitrogen and oxygen atoms in total. The van der Waals surface area contributed by atoms with Crippen molar-refractivity contribution in [2.45, 2.75) is 32.7 Å². The van der Waals surface area contributed by atoms with E-state index in [0.717, 1.165) is 28.6 Å². The molecule has 0 bridgehead atoms. The minimum Gasteiger partial charge on any atom is -0.463 e. The van der Waals surface area contributed by atoms with E-state index in [0.29, 0.717) is 17.3 Å². The Morgan fingerprint density at radius 2 is 2.09 bits per heavy atom. The molecule has 6 heteroatoms. The van der Waals surface area contributed by atoms with Crippen molar-refractivity contribution >= 4 is 39.2 Å². The van der Waals surface area contributed by atoms with Crippen LogP contribution in [0.25, 0.3) is 0 Å². The van der Waals surface area contributed by atoms with Gasteiger partial charge in [0.05, 0.1) is 18.2 Å². The van der Waals surface area contributed by atoms with Gasteiger partial charge in [-0.2, -0.15) is 0 Å². The first-order valence-corrected chi connectivity index (χ1v) is 8.50. The minimum absolute atomic E-state index is 0.311. The zero-order valence-corrected chi connectivity index (χ0v) is 15.0. The standard InChI is InChI=1S/C16H19BrN2O2S/c1-3-7-12-13(15(20)21-4-2)14(19-16(22)18-12)10-8-5-6-9-11(10)17/h5-6,8-9,14H,3-4,7H2,1-2H3,(H2,18,19,22)/t14-/m0/s1. The summed E-state index contributed by atoms with van der Waals surface area (Å²) >= 11 is 8.85. The first kappa shape index (κ1) is 17.0. The van der Waals surface area contributed by atoms with Crippen LogP contribution in [-0.2, 0) is 9.53 Å². The number of rotatable bonds is 5. The smallest absolute Gasteiger partial charge is 0.338 e. The number of halogens is 1. The van der Waals surface area contributed by atoms with E-state index in [9.17, 15) is 4.79 Å². The number of hydrogen-bond acceptors (Lipinski definition) is 3. The number of esters is 1. The molecule has 1 heterocycles. The van der Waals surface area contributed by atoms with Gasteiger partial charge in [0.1, 0.15) is 0 Å². The molecule has 0 unspecified atom stereocenters. The summed E-state index contributed by atoms with van der Waals surface area (Å²) in [6, 6.07) is 7.48. The molecular formula is C16H19BrN2O2S. The van der Waals surface area contributed by atoms with Crippen molar-refractivity contribution in [1.82, 2.24) is 10.6 Å². The molecule has 2 N–H and O–H groups in total. The number of carbonyl (C=O) groups is 1. The van der Waals surface area contributed by atoms with Gasteiger partial charge in [-0.25, -0.2) is 4.79 Å². The topological polar surface area (TPSA) is 50.4 Å². The highest BCUT2D eigenvalue weighted by molar-refractivity contribution is 9.10. The zero-order valence-electron chi connectivity index (χ0n) is 12.6. The van der Waals surface area contributed by atoms with Crippen LogP contribution in [0.15, 0.2) is 40.0 Å². The molecule has 0 spiro atoms. The van der Waals surface area contributed by atoms with E-state index < -0.39 is 0 Å². The molecule has 1 aromatic rings. The van der Waals surface area contributed by atoms with Gasteiger partial charge in [-0.05, 0) is 37.2 Å². The number of ether oxygens (including phenoxy) is 1. The maximum atomic E-state index is 12.5. The SMILES string of the molecule is CCCC1=C(C(=O)OCC)[C@H](c2ccccc2Br)NC(=S)N1. The summed E-state index contributed by atoms with van der Waals surface area (Å²) in [6.45, 7) is 4.21. The number of thiocarbonyl (C=S) groups is 1. The summed E-state index contributed by atoms with van der Waals surface area (Å²) in [4.78, 5) is 12.5. The molecule has 1 aliphatic rings. The Kier molecular flexibility index (Phi) is 5.97. The second-order valence-electron chi connectivity index (χ2n) is 4.92.